The standard InChI is InChI=1S/C22H39N5O/c23-18(16-21-20(22(25)28)11-9-13-26-21)10-7-5-3-1-2-4-6-8-14-27-15-12-19(24)17-27/h9,11,13,18-19H,1-8,10,12,14-17,23-24H2,(H2,25,28)/t18-,19-/m0/s1. The minimum Gasteiger partial charge on any atom is -0.366 e. The van der Waals surface area contributed by atoms with Crippen molar-refractivity contribution in [2.45, 2.75) is 82.7 Å². The molecule has 0 aromatic carbocycles. The van der Waals surface area contributed by atoms with E-state index in [0.29, 0.717) is 18.0 Å². The molecule has 1 fully saturated rings. The molecule has 0 aliphatic carbocycles. The summed E-state index contributed by atoms with van der Waals surface area (Å²) < 4.78 is 0. The third-order valence-electron chi connectivity index (χ3n) is 5.72. The van der Waals surface area contributed by atoms with Crippen LogP contribution in [0.25, 0.3) is 0 Å². The predicted molar refractivity (Wildman–Crippen MR) is 115 cm³/mol. The van der Waals surface area contributed by atoms with Crippen LogP contribution in [0.4, 0.5) is 0 Å². The van der Waals surface area contributed by atoms with Crippen LogP contribution in [-0.4, -0.2) is 47.5 Å². The van der Waals surface area contributed by atoms with Gasteiger partial charge in [-0.05, 0) is 44.5 Å². The van der Waals surface area contributed by atoms with E-state index in [4.69, 9.17) is 17.2 Å². The number of carbonyl (C=O) groups excluding carboxylic acids is 1. The molecule has 28 heavy (non-hydrogen) atoms. The fourth-order valence-electron chi connectivity index (χ4n) is 4.04. The highest BCUT2D eigenvalue weighted by atomic mass is 16.1. The van der Waals surface area contributed by atoms with Crippen molar-refractivity contribution in [1.29, 1.82) is 0 Å². The van der Waals surface area contributed by atoms with E-state index in [1.807, 2.05) is 0 Å². The Morgan fingerprint density at radius 2 is 1.82 bits per heavy atom. The second-order valence-corrected chi connectivity index (χ2v) is 8.29. The number of aromatic nitrogens is 1. The van der Waals surface area contributed by atoms with Crippen molar-refractivity contribution < 1.29 is 4.79 Å². The van der Waals surface area contributed by atoms with Crippen molar-refractivity contribution >= 4 is 5.91 Å². The van der Waals surface area contributed by atoms with Crippen LogP contribution in [-0.2, 0) is 6.42 Å². The van der Waals surface area contributed by atoms with Gasteiger partial charge < -0.3 is 22.1 Å². The molecule has 2 rings (SSSR count). The fraction of sp³-hybridized carbons (Fsp3) is 0.727. The number of pyridine rings is 1. The van der Waals surface area contributed by atoms with Crippen LogP contribution in [0, 0.1) is 0 Å². The lowest BCUT2D eigenvalue weighted by atomic mass is 10.00. The van der Waals surface area contributed by atoms with Crippen molar-refractivity contribution in [3.63, 3.8) is 0 Å². The second-order valence-electron chi connectivity index (χ2n) is 8.29. The molecule has 0 spiro atoms. The van der Waals surface area contributed by atoms with E-state index in [1.165, 1.54) is 58.0 Å². The first-order valence-electron chi connectivity index (χ1n) is 11.0. The largest absolute Gasteiger partial charge is 0.366 e. The smallest absolute Gasteiger partial charge is 0.250 e. The maximum Gasteiger partial charge on any atom is 0.250 e. The van der Waals surface area contributed by atoms with E-state index in [-0.39, 0.29) is 6.04 Å². The van der Waals surface area contributed by atoms with Gasteiger partial charge in [0, 0.05) is 31.2 Å². The topological polar surface area (TPSA) is 111 Å². The number of nitrogens with zero attached hydrogens (tertiary/aromatic N) is 2. The number of nitrogens with two attached hydrogens (primary N) is 3. The molecule has 0 saturated carbocycles. The first kappa shape index (κ1) is 22.8. The Hall–Kier alpha value is -1.50. The molecule has 2 atom stereocenters. The SMILES string of the molecule is NC(=O)c1cccnc1C[C@@H](N)CCCCCCCCCCN1CC[C@H](N)C1. The Kier molecular flexibility index (Phi) is 10.5. The highest BCUT2D eigenvalue weighted by molar-refractivity contribution is 5.93. The zero-order chi connectivity index (χ0) is 20.2. The van der Waals surface area contributed by atoms with Crippen molar-refractivity contribution in [3.8, 4) is 0 Å². The molecule has 0 radical (unpaired) electrons. The predicted octanol–water partition coefficient (Wildman–Crippen LogP) is 2.59. The first-order valence-corrected chi connectivity index (χ1v) is 11.0. The molecular weight excluding hydrogens is 350 g/mol. The van der Waals surface area contributed by atoms with Crippen LogP contribution in [0.5, 0.6) is 0 Å². The zero-order valence-electron chi connectivity index (χ0n) is 17.3. The summed E-state index contributed by atoms with van der Waals surface area (Å²) in [5.41, 5.74) is 18.8. The quantitative estimate of drug-likeness (QED) is 0.424. The number of carbonyl (C=O) groups is 1. The van der Waals surface area contributed by atoms with Gasteiger partial charge in [-0.25, -0.2) is 0 Å². The van der Waals surface area contributed by atoms with Gasteiger partial charge in [0.1, 0.15) is 0 Å². The zero-order valence-corrected chi connectivity index (χ0v) is 17.3. The first-order chi connectivity index (χ1) is 13.6. The lowest BCUT2D eigenvalue weighted by Crippen LogP contribution is -2.27. The Balaban J connectivity index is 1.43. The average molecular weight is 390 g/mol. The molecule has 1 saturated heterocycles. The van der Waals surface area contributed by atoms with Gasteiger partial charge in [0.05, 0.1) is 11.3 Å². The summed E-state index contributed by atoms with van der Waals surface area (Å²) in [6, 6.07) is 3.89. The maximum atomic E-state index is 11.4. The van der Waals surface area contributed by atoms with Gasteiger partial charge in [-0.1, -0.05) is 44.9 Å². The molecule has 0 unspecified atom stereocenters. The number of hydrogen-bond acceptors (Lipinski definition) is 5. The van der Waals surface area contributed by atoms with Gasteiger partial charge in [-0.15, -0.1) is 0 Å². The van der Waals surface area contributed by atoms with Crippen LogP contribution in [0.15, 0.2) is 18.3 Å². The number of hydrogen-bond donors (Lipinski definition) is 3. The third kappa shape index (κ3) is 8.67. The Morgan fingerprint density at radius 1 is 1.14 bits per heavy atom. The van der Waals surface area contributed by atoms with Gasteiger partial charge >= 0.3 is 0 Å². The summed E-state index contributed by atoms with van der Waals surface area (Å²) in [6.45, 7) is 3.50. The lowest BCUT2D eigenvalue weighted by Gasteiger charge is -2.14. The number of primary amides is 1. The molecular formula is C22H39N5O. The van der Waals surface area contributed by atoms with Crippen molar-refractivity contribution in [2.75, 3.05) is 19.6 Å². The van der Waals surface area contributed by atoms with E-state index >= 15 is 0 Å². The van der Waals surface area contributed by atoms with E-state index in [2.05, 4.69) is 9.88 Å². The lowest BCUT2D eigenvalue weighted by molar-refractivity contribution is 0.0999. The van der Waals surface area contributed by atoms with Crippen molar-refractivity contribution in [1.82, 2.24) is 9.88 Å². The highest BCUT2D eigenvalue weighted by Crippen LogP contribution is 2.14. The van der Waals surface area contributed by atoms with Crippen LogP contribution in [0.3, 0.4) is 0 Å². The summed E-state index contributed by atoms with van der Waals surface area (Å²) in [6.07, 6.45) is 14.7. The van der Waals surface area contributed by atoms with Crippen molar-refractivity contribution in [2.24, 2.45) is 17.2 Å². The van der Waals surface area contributed by atoms with Crippen molar-refractivity contribution in [3.05, 3.63) is 29.6 Å². The molecule has 1 aliphatic heterocycles. The summed E-state index contributed by atoms with van der Waals surface area (Å²) >= 11 is 0. The molecule has 2 heterocycles. The Bertz CT molecular complexity index is 580. The molecule has 1 amide bonds. The average Bonchev–Trinajstić information content (AvgIpc) is 3.08. The van der Waals surface area contributed by atoms with E-state index in [0.717, 1.165) is 31.5 Å². The summed E-state index contributed by atoms with van der Waals surface area (Å²) in [5, 5.41) is 0. The summed E-state index contributed by atoms with van der Waals surface area (Å²) in [7, 11) is 0. The van der Waals surface area contributed by atoms with Gasteiger partial charge in [0.2, 0.25) is 0 Å². The molecule has 1 aromatic heterocycles. The van der Waals surface area contributed by atoms with E-state index < -0.39 is 5.91 Å². The Labute approximate surface area is 170 Å². The molecule has 1 aromatic rings. The second kappa shape index (κ2) is 12.9. The van der Waals surface area contributed by atoms with Gasteiger partial charge in [0.15, 0.2) is 0 Å². The summed E-state index contributed by atoms with van der Waals surface area (Å²) in [4.78, 5) is 18.2. The van der Waals surface area contributed by atoms with Gasteiger partial charge in [-0.2, -0.15) is 0 Å². The number of rotatable bonds is 14. The normalized spacial score (nSPS) is 18.4. The third-order valence-corrected chi connectivity index (χ3v) is 5.72. The summed E-state index contributed by atoms with van der Waals surface area (Å²) in [5.74, 6) is -0.431. The number of amides is 1. The van der Waals surface area contributed by atoms with Crippen LogP contribution < -0.4 is 17.2 Å². The number of unbranched alkanes of at least 4 members (excludes halogenated alkanes) is 7. The van der Waals surface area contributed by atoms with Gasteiger partial charge in [0.25, 0.3) is 5.91 Å². The van der Waals surface area contributed by atoms with E-state index in [9.17, 15) is 4.79 Å². The van der Waals surface area contributed by atoms with Crippen LogP contribution in [0.1, 0.15) is 80.3 Å². The minimum absolute atomic E-state index is 0.0340. The maximum absolute atomic E-state index is 11.4. The fourth-order valence-corrected chi connectivity index (χ4v) is 4.04. The molecule has 158 valence electrons. The number of likely N-dealkylation sites (tertiary alicyclic amines) is 1. The highest BCUT2D eigenvalue weighted by Gasteiger charge is 2.17. The monoisotopic (exact) mass is 389 g/mol. The molecule has 6 N–H and O–H groups in total. The minimum atomic E-state index is -0.431. The Morgan fingerprint density at radius 3 is 2.46 bits per heavy atom. The van der Waals surface area contributed by atoms with Gasteiger partial charge in [-0.3, -0.25) is 9.78 Å². The van der Waals surface area contributed by atoms with E-state index in [1.54, 1.807) is 18.3 Å². The molecule has 0 bridgehead atoms. The molecule has 1 aliphatic rings. The van der Waals surface area contributed by atoms with Crippen LogP contribution in [0.2, 0.25) is 0 Å². The van der Waals surface area contributed by atoms with Crippen LogP contribution >= 0.6 is 0 Å². The molecule has 6 heteroatoms. The molecule has 6 nitrogen and oxygen atoms in total.